The van der Waals surface area contributed by atoms with Crippen LogP contribution in [-0.4, -0.2) is 40.8 Å². The maximum absolute atomic E-state index is 11.6. The summed E-state index contributed by atoms with van der Waals surface area (Å²) in [6.45, 7) is 1.38. The first kappa shape index (κ1) is 19.7. The predicted octanol–water partition coefficient (Wildman–Crippen LogP) is 0.632. The summed E-state index contributed by atoms with van der Waals surface area (Å²) in [6, 6.07) is 16.0. The quantitative estimate of drug-likeness (QED) is 0.628. The Bertz CT molecular complexity index is 811. The number of hydrogen-bond acceptors (Lipinski definition) is 4. The van der Waals surface area contributed by atoms with Crippen molar-refractivity contribution in [2.45, 2.75) is 12.1 Å². The van der Waals surface area contributed by atoms with Gasteiger partial charge in [-0.05, 0) is 66.7 Å². The monoisotopic (exact) mass is 498 g/mol. The van der Waals surface area contributed by atoms with Crippen molar-refractivity contribution in [3.63, 3.8) is 0 Å². The van der Waals surface area contributed by atoms with E-state index in [0.29, 0.717) is 6.54 Å². The molecule has 138 valence electrons. The SMILES string of the molecule is COc1ccc(C2(O)CN(c3ccc(Br)cc3)C3=[N+]2CCCS3)cc1.[Br-]. The van der Waals surface area contributed by atoms with Gasteiger partial charge in [-0.3, -0.25) is 0 Å². The van der Waals surface area contributed by atoms with Gasteiger partial charge in [-0.15, -0.1) is 0 Å². The molecular formula is C19H20Br2N2O2S. The number of hydrogen-bond donors (Lipinski definition) is 1. The fraction of sp³-hybridized carbons (Fsp3) is 0.316. The van der Waals surface area contributed by atoms with E-state index in [0.717, 1.165) is 45.4 Å². The topological polar surface area (TPSA) is 35.7 Å². The summed E-state index contributed by atoms with van der Waals surface area (Å²) < 4.78 is 8.45. The van der Waals surface area contributed by atoms with Gasteiger partial charge in [0.15, 0.2) is 6.54 Å². The molecule has 2 heterocycles. The van der Waals surface area contributed by atoms with Crippen molar-refractivity contribution in [2.75, 3.05) is 30.9 Å². The first-order valence-electron chi connectivity index (χ1n) is 8.29. The molecule has 2 aliphatic heterocycles. The maximum atomic E-state index is 11.6. The van der Waals surface area contributed by atoms with Gasteiger partial charge >= 0.3 is 5.17 Å². The van der Waals surface area contributed by atoms with E-state index < -0.39 is 5.72 Å². The smallest absolute Gasteiger partial charge is 0.316 e. The third-order valence-corrected chi connectivity index (χ3v) is 6.46. The fourth-order valence-corrected chi connectivity index (χ4v) is 4.87. The molecule has 0 aliphatic carbocycles. The minimum atomic E-state index is -1.03. The van der Waals surface area contributed by atoms with Crippen LogP contribution in [0.2, 0.25) is 0 Å². The Balaban J connectivity index is 0.00000196. The molecule has 1 N–H and O–H groups in total. The Hall–Kier alpha value is -1.02. The number of halogens is 2. The molecule has 0 aromatic heterocycles. The summed E-state index contributed by atoms with van der Waals surface area (Å²) in [7, 11) is 1.65. The first-order valence-corrected chi connectivity index (χ1v) is 10.1. The second-order valence-electron chi connectivity index (χ2n) is 6.24. The lowest BCUT2D eigenvalue weighted by molar-refractivity contribution is -0.656. The van der Waals surface area contributed by atoms with Crippen LogP contribution in [0.1, 0.15) is 12.0 Å². The van der Waals surface area contributed by atoms with E-state index in [1.807, 2.05) is 48.2 Å². The lowest BCUT2D eigenvalue weighted by Crippen LogP contribution is -3.00. The number of benzene rings is 2. The predicted molar refractivity (Wildman–Crippen MR) is 106 cm³/mol. The summed E-state index contributed by atoms with van der Waals surface area (Å²) in [4.78, 5) is 2.22. The van der Waals surface area contributed by atoms with Crippen LogP contribution >= 0.6 is 27.7 Å². The van der Waals surface area contributed by atoms with Gasteiger partial charge in [0, 0.05) is 15.8 Å². The number of ether oxygens (including phenoxy) is 1. The number of nitrogens with zero attached hydrogens (tertiary/aromatic N) is 2. The van der Waals surface area contributed by atoms with Crippen molar-refractivity contribution < 1.29 is 31.4 Å². The largest absolute Gasteiger partial charge is 1.00 e. The van der Waals surface area contributed by atoms with Crippen LogP contribution in [0, 0.1) is 0 Å². The molecule has 7 heteroatoms. The Labute approximate surface area is 176 Å². The van der Waals surface area contributed by atoms with Crippen molar-refractivity contribution in [1.29, 1.82) is 0 Å². The number of β-amino-alcohol motifs (C(OH)–C–C–N with tert-alkyl or cyclic N) is 1. The van der Waals surface area contributed by atoms with Crippen molar-refractivity contribution in [1.82, 2.24) is 0 Å². The highest BCUT2D eigenvalue weighted by atomic mass is 79.9. The standard InChI is InChI=1S/C19H20BrN2O2S.BrH/c1-24-17-9-3-14(4-10-17)19(23)13-21(16-7-5-15(20)6-8-16)18-22(19)11-2-12-25-18;/h3-10,23H,2,11-13H2,1H3;1H/q+1;/p-1. The first-order chi connectivity index (χ1) is 12.1. The Kier molecular flexibility index (Phi) is 6.01. The van der Waals surface area contributed by atoms with Gasteiger partial charge in [0.1, 0.15) is 11.4 Å². The molecule has 4 rings (SSSR count). The van der Waals surface area contributed by atoms with Crippen LogP contribution in [0.4, 0.5) is 5.69 Å². The average molecular weight is 500 g/mol. The molecule has 0 saturated heterocycles. The third-order valence-electron chi connectivity index (χ3n) is 4.73. The maximum Gasteiger partial charge on any atom is 0.316 e. The number of rotatable bonds is 3. The molecule has 2 aromatic rings. The van der Waals surface area contributed by atoms with Crippen LogP contribution in [0.25, 0.3) is 0 Å². The van der Waals surface area contributed by atoms with E-state index in [2.05, 4.69) is 37.5 Å². The van der Waals surface area contributed by atoms with Gasteiger partial charge in [0.25, 0.3) is 5.72 Å². The number of anilines is 1. The van der Waals surface area contributed by atoms with E-state index in [4.69, 9.17) is 4.74 Å². The normalized spacial score (nSPS) is 22.0. The summed E-state index contributed by atoms with van der Waals surface area (Å²) in [5.74, 6) is 1.88. The fourth-order valence-electron chi connectivity index (χ4n) is 3.43. The summed E-state index contributed by atoms with van der Waals surface area (Å²) in [6.07, 6.45) is 1.07. The van der Waals surface area contributed by atoms with E-state index in [9.17, 15) is 5.11 Å². The van der Waals surface area contributed by atoms with Crippen LogP contribution in [-0.2, 0) is 5.72 Å². The van der Waals surface area contributed by atoms with Crippen molar-refractivity contribution in [3.8, 4) is 5.75 Å². The molecule has 1 atom stereocenters. The molecule has 0 spiro atoms. The summed E-state index contributed by atoms with van der Waals surface area (Å²) >= 11 is 5.31. The van der Waals surface area contributed by atoms with Crippen molar-refractivity contribution >= 4 is 38.5 Å². The second kappa shape index (κ2) is 7.92. The molecule has 0 amide bonds. The number of methoxy groups -OCH3 is 1. The zero-order valence-electron chi connectivity index (χ0n) is 14.4. The minimum Gasteiger partial charge on any atom is -1.00 e. The molecule has 4 nitrogen and oxygen atoms in total. The molecule has 2 aromatic carbocycles. The number of amidine groups is 1. The molecular weight excluding hydrogens is 480 g/mol. The lowest BCUT2D eigenvalue weighted by Gasteiger charge is -2.24. The number of aliphatic hydroxyl groups is 1. The number of thioether (sulfide) groups is 1. The van der Waals surface area contributed by atoms with Crippen LogP contribution < -0.4 is 26.6 Å². The van der Waals surface area contributed by atoms with Crippen LogP contribution in [0.3, 0.4) is 0 Å². The van der Waals surface area contributed by atoms with Gasteiger partial charge in [-0.25, -0.2) is 9.48 Å². The Morgan fingerprint density at radius 3 is 2.50 bits per heavy atom. The van der Waals surface area contributed by atoms with Crippen LogP contribution in [0.5, 0.6) is 5.75 Å². The van der Waals surface area contributed by atoms with Crippen molar-refractivity contribution in [3.05, 3.63) is 58.6 Å². The van der Waals surface area contributed by atoms with Crippen LogP contribution in [0.15, 0.2) is 53.0 Å². The zero-order chi connectivity index (χ0) is 17.4. The lowest BCUT2D eigenvalue weighted by atomic mass is 10.0. The molecule has 0 fully saturated rings. The van der Waals surface area contributed by atoms with Gasteiger partial charge in [0.2, 0.25) is 0 Å². The second-order valence-corrected chi connectivity index (χ2v) is 8.22. The molecule has 2 aliphatic rings. The highest BCUT2D eigenvalue weighted by molar-refractivity contribution is 9.10. The Morgan fingerprint density at radius 2 is 1.85 bits per heavy atom. The molecule has 0 bridgehead atoms. The third kappa shape index (κ3) is 3.42. The average Bonchev–Trinajstić information content (AvgIpc) is 2.97. The Morgan fingerprint density at radius 1 is 1.15 bits per heavy atom. The highest BCUT2D eigenvalue weighted by Crippen LogP contribution is 2.38. The van der Waals surface area contributed by atoms with Gasteiger partial charge in [-0.2, -0.15) is 0 Å². The van der Waals surface area contributed by atoms with Crippen molar-refractivity contribution in [2.24, 2.45) is 0 Å². The highest BCUT2D eigenvalue weighted by Gasteiger charge is 2.53. The molecule has 26 heavy (non-hydrogen) atoms. The van der Waals surface area contributed by atoms with Gasteiger partial charge in [0.05, 0.1) is 13.7 Å². The van der Waals surface area contributed by atoms with Gasteiger partial charge in [-0.1, -0.05) is 15.9 Å². The van der Waals surface area contributed by atoms with E-state index in [-0.39, 0.29) is 17.0 Å². The van der Waals surface area contributed by atoms with E-state index in [1.54, 1.807) is 7.11 Å². The van der Waals surface area contributed by atoms with E-state index >= 15 is 0 Å². The molecule has 0 saturated carbocycles. The van der Waals surface area contributed by atoms with E-state index in [1.165, 1.54) is 0 Å². The minimum absolute atomic E-state index is 0. The molecule has 0 radical (unpaired) electrons. The summed E-state index contributed by atoms with van der Waals surface area (Å²) in [5, 5.41) is 12.7. The summed E-state index contributed by atoms with van der Waals surface area (Å²) in [5.41, 5.74) is 0.970. The zero-order valence-corrected chi connectivity index (χ0v) is 18.3. The molecule has 1 unspecified atom stereocenters. The van der Waals surface area contributed by atoms with Gasteiger partial charge < -0.3 is 26.8 Å².